The van der Waals surface area contributed by atoms with Crippen LogP contribution in [0.1, 0.15) is 13.3 Å². The molecule has 3 rings (SSSR count). The lowest BCUT2D eigenvalue weighted by Crippen LogP contribution is -2.20. The van der Waals surface area contributed by atoms with Crippen LogP contribution >= 0.6 is 0 Å². The Morgan fingerprint density at radius 3 is 2.67 bits per heavy atom. The van der Waals surface area contributed by atoms with Gasteiger partial charge in [-0.05, 0) is 30.3 Å². The third-order valence-corrected chi connectivity index (χ3v) is 3.93. The third kappa shape index (κ3) is 4.17. The quantitative estimate of drug-likeness (QED) is 0.695. The first-order valence-corrected chi connectivity index (χ1v) is 8.32. The van der Waals surface area contributed by atoms with Crippen LogP contribution in [0.15, 0.2) is 51.7 Å². The zero-order chi connectivity index (χ0) is 19.4. The van der Waals surface area contributed by atoms with Crippen molar-refractivity contribution >= 4 is 34.3 Å². The number of hydrogen-bond donors (Lipinski definition) is 2. The molecule has 8 heteroatoms. The van der Waals surface area contributed by atoms with Gasteiger partial charge in [0.15, 0.2) is 5.58 Å². The maximum atomic E-state index is 12.4. The van der Waals surface area contributed by atoms with Gasteiger partial charge in [-0.1, -0.05) is 12.1 Å². The molecule has 140 valence electrons. The fourth-order valence-corrected chi connectivity index (χ4v) is 2.74. The van der Waals surface area contributed by atoms with E-state index in [1.54, 1.807) is 42.5 Å². The van der Waals surface area contributed by atoms with Gasteiger partial charge < -0.3 is 19.8 Å². The van der Waals surface area contributed by atoms with Crippen LogP contribution in [0.25, 0.3) is 11.1 Å². The molecule has 0 aliphatic rings. The van der Waals surface area contributed by atoms with Gasteiger partial charge in [0.25, 0.3) is 0 Å². The predicted octanol–water partition coefficient (Wildman–Crippen LogP) is 2.59. The number of carbonyl (C=O) groups excluding carboxylic acids is 2. The summed E-state index contributed by atoms with van der Waals surface area (Å²) in [5.74, 6) is -0.563. The monoisotopic (exact) mass is 369 g/mol. The van der Waals surface area contributed by atoms with E-state index in [0.717, 1.165) is 0 Å². The summed E-state index contributed by atoms with van der Waals surface area (Å²) in [7, 11) is 1.49. The Balaban J connectivity index is 1.73. The molecule has 0 saturated carbocycles. The summed E-state index contributed by atoms with van der Waals surface area (Å²) in [6.45, 7) is 1.57. The lowest BCUT2D eigenvalue weighted by Gasteiger charge is -2.12. The fraction of sp³-hybridized carbons (Fsp3) is 0.211. The number of oxazole rings is 1. The van der Waals surface area contributed by atoms with Gasteiger partial charge in [-0.25, -0.2) is 4.79 Å². The third-order valence-electron chi connectivity index (χ3n) is 3.93. The Morgan fingerprint density at radius 1 is 1.15 bits per heavy atom. The predicted molar refractivity (Wildman–Crippen MR) is 101 cm³/mol. The van der Waals surface area contributed by atoms with Gasteiger partial charge >= 0.3 is 5.76 Å². The van der Waals surface area contributed by atoms with E-state index in [1.807, 2.05) is 0 Å². The van der Waals surface area contributed by atoms with E-state index in [1.165, 1.54) is 18.6 Å². The van der Waals surface area contributed by atoms with E-state index >= 15 is 0 Å². The zero-order valence-corrected chi connectivity index (χ0v) is 14.9. The van der Waals surface area contributed by atoms with Crippen LogP contribution in [0.4, 0.5) is 11.4 Å². The lowest BCUT2D eigenvalue weighted by atomic mass is 10.2. The minimum Gasteiger partial charge on any atom is -0.495 e. The molecule has 0 aliphatic carbocycles. The molecule has 0 bridgehead atoms. The topological polar surface area (TPSA) is 103 Å². The van der Waals surface area contributed by atoms with Crippen LogP contribution < -0.4 is 21.1 Å². The Morgan fingerprint density at radius 2 is 1.93 bits per heavy atom. The molecule has 27 heavy (non-hydrogen) atoms. The molecule has 0 radical (unpaired) electrons. The Hall–Kier alpha value is -3.55. The van der Waals surface area contributed by atoms with Crippen molar-refractivity contribution in [3.8, 4) is 5.75 Å². The highest BCUT2D eigenvalue weighted by Crippen LogP contribution is 2.28. The molecule has 2 amide bonds. The van der Waals surface area contributed by atoms with Gasteiger partial charge in [0.1, 0.15) is 5.75 Å². The van der Waals surface area contributed by atoms with Gasteiger partial charge in [-0.2, -0.15) is 0 Å². The molecule has 1 heterocycles. The smallest absolute Gasteiger partial charge is 0.419 e. The van der Waals surface area contributed by atoms with Crippen LogP contribution in [-0.2, 0) is 16.1 Å². The molecule has 0 fully saturated rings. The fourth-order valence-electron chi connectivity index (χ4n) is 2.74. The number of methoxy groups -OCH3 is 1. The molecular formula is C19H19N3O5. The maximum Gasteiger partial charge on any atom is 0.419 e. The normalized spacial score (nSPS) is 10.6. The second kappa shape index (κ2) is 7.77. The molecule has 2 aromatic carbocycles. The largest absolute Gasteiger partial charge is 0.495 e. The van der Waals surface area contributed by atoms with Crippen molar-refractivity contribution in [1.29, 1.82) is 0 Å². The standard InChI is InChI=1S/C19H19N3O5/c1-12(23)20-13-7-8-16(26-2)14(11-13)21-18(24)9-10-22-15-5-3-4-6-17(15)27-19(22)25/h3-8,11H,9-10H2,1-2H3,(H,20,23)(H,21,24). The second-order valence-corrected chi connectivity index (χ2v) is 5.88. The molecule has 0 unspecified atom stereocenters. The van der Waals surface area contributed by atoms with Crippen molar-refractivity contribution in [2.24, 2.45) is 0 Å². The minimum absolute atomic E-state index is 0.0664. The number of ether oxygens (including phenoxy) is 1. The number of anilines is 2. The van der Waals surface area contributed by atoms with E-state index in [2.05, 4.69) is 10.6 Å². The second-order valence-electron chi connectivity index (χ2n) is 5.88. The average molecular weight is 369 g/mol. The molecule has 0 atom stereocenters. The van der Waals surface area contributed by atoms with Crippen LogP contribution in [0.3, 0.4) is 0 Å². The number of aryl methyl sites for hydroxylation is 1. The number of nitrogens with one attached hydrogen (secondary N) is 2. The first-order valence-electron chi connectivity index (χ1n) is 8.32. The van der Waals surface area contributed by atoms with Crippen molar-refractivity contribution in [3.63, 3.8) is 0 Å². The number of aromatic nitrogens is 1. The number of carbonyl (C=O) groups is 2. The van der Waals surface area contributed by atoms with Crippen LogP contribution in [0, 0.1) is 0 Å². The summed E-state index contributed by atoms with van der Waals surface area (Å²) in [5.41, 5.74) is 2.09. The molecule has 2 N–H and O–H groups in total. The minimum atomic E-state index is -0.505. The molecule has 8 nitrogen and oxygen atoms in total. The van der Waals surface area contributed by atoms with Gasteiger partial charge in [-0.3, -0.25) is 14.2 Å². The van der Waals surface area contributed by atoms with Gasteiger partial charge in [0, 0.05) is 25.6 Å². The number of benzene rings is 2. The zero-order valence-electron chi connectivity index (χ0n) is 14.9. The number of rotatable bonds is 6. The van der Waals surface area contributed by atoms with Gasteiger partial charge in [-0.15, -0.1) is 0 Å². The number of hydrogen-bond acceptors (Lipinski definition) is 5. The number of nitrogens with zero attached hydrogens (tertiary/aromatic N) is 1. The summed E-state index contributed by atoms with van der Waals surface area (Å²) in [6, 6.07) is 12.0. The Kier molecular flexibility index (Phi) is 5.25. The molecular weight excluding hydrogens is 350 g/mol. The van der Waals surface area contributed by atoms with E-state index in [-0.39, 0.29) is 24.8 Å². The van der Waals surface area contributed by atoms with Gasteiger partial charge in [0.05, 0.1) is 18.3 Å². The summed E-state index contributed by atoms with van der Waals surface area (Å²) in [4.78, 5) is 35.5. The van der Waals surface area contributed by atoms with Gasteiger partial charge in [0.2, 0.25) is 11.8 Å². The summed E-state index contributed by atoms with van der Waals surface area (Å²) in [5, 5.41) is 5.39. The lowest BCUT2D eigenvalue weighted by molar-refractivity contribution is -0.116. The van der Waals surface area contributed by atoms with Crippen LogP contribution in [0.2, 0.25) is 0 Å². The molecule has 0 aliphatic heterocycles. The van der Waals surface area contributed by atoms with Crippen LogP contribution in [-0.4, -0.2) is 23.5 Å². The Bertz CT molecular complexity index is 1050. The highest BCUT2D eigenvalue weighted by Gasteiger charge is 2.13. The van der Waals surface area contributed by atoms with Crippen molar-refractivity contribution in [2.75, 3.05) is 17.7 Å². The van der Waals surface area contributed by atoms with E-state index in [9.17, 15) is 14.4 Å². The summed E-state index contributed by atoms with van der Waals surface area (Å²) < 4.78 is 11.8. The number of para-hydroxylation sites is 2. The highest BCUT2D eigenvalue weighted by molar-refractivity contribution is 5.95. The van der Waals surface area contributed by atoms with Crippen molar-refractivity contribution in [2.45, 2.75) is 19.9 Å². The molecule has 1 aromatic heterocycles. The number of amides is 2. The maximum absolute atomic E-state index is 12.4. The first kappa shape index (κ1) is 18.2. The van der Waals surface area contributed by atoms with Crippen molar-refractivity contribution in [3.05, 3.63) is 53.0 Å². The SMILES string of the molecule is COc1ccc(NC(C)=O)cc1NC(=O)CCn1c(=O)oc2ccccc21. The van der Waals surface area contributed by atoms with Crippen molar-refractivity contribution < 1.29 is 18.7 Å². The van der Waals surface area contributed by atoms with E-state index in [4.69, 9.17) is 9.15 Å². The number of fused-ring (bicyclic) bond motifs is 1. The molecule has 0 spiro atoms. The summed E-state index contributed by atoms with van der Waals surface area (Å²) in [6.07, 6.45) is 0.0664. The van der Waals surface area contributed by atoms with Crippen LogP contribution in [0.5, 0.6) is 5.75 Å². The molecule has 3 aromatic rings. The average Bonchev–Trinajstić information content (AvgIpc) is 2.95. The Labute approximate surface area is 154 Å². The first-order chi connectivity index (χ1) is 13.0. The van der Waals surface area contributed by atoms with Crippen molar-refractivity contribution in [1.82, 2.24) is 4.57 Å². The van der Waals surface area contributed by atoms with E-state index < -0.39 is 5.76 Å². The highest BCUT2D eigenvalue weighted by atomic mass is 16.5. The molecule has 0 saturated heterocycles. The van der Waals surface area contributed by atoms with E-state index in [0.29, 0.717) is 28.2 Å². The summed E-state index contributed by atoms with van der Waals surface area (Å²) >= 11 is 0.